The van der Waals surface area contributed by atoms with Crippen LogP contribution in [0.25, 0.3) is 0 Å². The Balaban J connectivity index is 3.43. The summed E-state index contributed by atoms with van der Waals surface area (Å²) in [4.78, 5) is 2.19. The second-order valence-electron chi connectivity index (χ2n) is 3.65. The maximum absolute atomic E-state index is 3.95. The van der Waals surface area contributed by atoms with Crippen molar-refractivity contribution >= 4 is 0 Å². The van der Waals surface area contributed by atoms with E-state index in [1.165, 1.54) is 5.57 Å². The molecule has 0 saturated heterocycles. The van der Waals surface area contributed by atoms with Crippen LogP contribution >= 0.6 is 0 Å². The van der Waals surface area contributed by atoms with Crippen LogP contribution in [0.5, 0.6) is 0 Å². The van der Waals surface area contributed by atoms with Crippen molar-refractivity contribution in [3.8, 4) is 0 Å². The van der Waals surface area contributed by atoms with Gasteiger partial charge < -0.3 is 10.2 Å². The minimum atomic E-state index is 0.545. The van der Waals surface area contributed by atoms with E-state index in [9.17, 15) is 0 Å². The molecule has 0 amide bonds. The van der Waals surface area contributed by atoms with Crippen LogP contribution in [0.15, 0.2) is 12.2 Å². The zero-order valence-corrected chi connectivity index (χ0v) is 8.85. The summed E-state index contributed by atoms with van der Waals surface area (Å²) in [5, 5.41) is 3.42. The Bertz CT molecular complexity index is 130. The predicted octanol–water partition coefficient (Wildman–Crippen LogP) is 1.49. The van der Waals surface area contributed by atoms with Crippen LogP contribution in [-0.2, 0) is 0 Å². The van der Waals surface area contributed by atoms with Crippen molar-refractivity contribution in [2.45, 2.75) is 26.3 Å². The van der Waals surface area contributed by atoms with Crippen LogP contribution in [0, 0.1) is 0 Å². The lowest BCUT2D eigenvalue weighted by atomic mass is 10.2. The van der Waals surface area contributed by atoms with E-state index in [-0.39, 0.29) is 0 Å². The fourth-order valence-corrected chi connectivity index (χ4v) is 1.06. The Morgan fingerprint density at radius 1 is 1.50 bits per heavy atom. The van der Waals surface area contributed by atoms with Gasteiger partial charge in [-0.25, -0.2) is 0 Å². The molecule has 0 aliphatic rings. The summed E-state index contributed by atoms with van der Waals surface area (Å²) in [6.45, 7) is 10.3. The number of hydrogen-bond acceptors (Lipinski definition) is 2. The van der Waals surface area contributed by atoms with Gasteiger partial charge in [-0.2, -0.15) is 0 Å². The van der Waals surface area contributed by atoms with Gasteiger partial charge in [0.05, 0.1) is 0 Å². The average molecular weight is 170 g/mol. The molecule has 0 aromatic carbocycles. The first kappa shape index (κ1) is 11.7. The fraction of sp³-hybridized carbons (Fsp3) is 0.800. The van der Waals surface area contributed by atoms with E-state index in [2.05, 4.69) is 44.7 Å². The number of rotatable bonds is 6. The molecule has 1 N–H and O–H groups in total. The Morgan fingerprint density at radius 3 is 2.50 bits per heavy atom. The third-order valence-corrected chi connectivity index (χ3v) is 1.84. The summed E-state index contributed by atoms with van der Waals surface area (Å²) in [5.41, 5.74) is 1.28. The molecular weight excluding hydrogens is 148 g/mol. The van der Waals surface area contributed by atoms with Crippen LogP contribution in [0.4, 0.5) is 0 Å². The van der Waals surface area contributed by atoms with Crippen molar-refractivity contribution < 1.29 is 0 Å². The first-order valence-electron chi connectivity index (χ1n) is 4.61. The van der Waals surface area contributed by atoms with Gasteiger partial charge in [-0.15, -0.1) is 0 Å². The van der Waals surface area contributed by atoms with Crippen molar-refractivity contribution in [3.05, 3.63) is 12.2 Å². The van der Waals surface area contributed by atoms with Crippen molar-refractivity contribution in [1.82, 2.24) is 10.2 Å². The largest absolute Gasteiger partial charge is 0.309 e. The molecule has 0 aliphatic carbocycles. The Hall–Kier alpha value is -0.340. The number of nitrogens with zero attached hydrogens (tertiary/aromatic N) is 1. The highest BCUT2D eigenvalue weighted by molar-refractivity contribution is 4.95. The van der Waals surface area contributed by atoms with E-state index in [1.807, 2.05) is 0 Å². The van der Waals surface area contributed by atoms with Gasteiger partial charge in [-0.3, -0.25) is 0 Å². The molecule has 0 aromatic rings. The van der Waals surface area contributed by atoms with Crippen molar-refractivity contribution in [3.63, 3.8) is 0 Å². The summed E-state index contributed by atoms with van der Waals surface area (Å²) >= 11 is 0. The number of likely N-dealkylation sites (N-methyl/N-ethyl adjacent to an activating group) is 1. The summed E-state index contributed by atoms with van der Waals surface area (Å²) in [7, 11) is 4.18. The molecule has 2 heteroatoms. The van der Waals surface area contributed by atoms with Gasteiger partial charge in [0.15, 0.2) is 0 Å². The minimum absolute atomic E-state index is 0.545. The Labute approximate surface area is 76.6 Å². The molecule has 0 aliphatic heterocycles. The molecule has 0 radical (unpaired) electrons. The van der Waals surface area contributed by atoms with Gasteiger partial charge in [0.1, 0.15) is 0 Å². The summed E-state index contributed by atoms with van der Waals surface area (Å²) < 4.78 is 0. The van der Waals surface area contributed by atoms with Gasteiger partial charge in [-0.1, -0.05) is 19.1 Å². The molecule has 1 unspecified atom stereocenters. The first-order valence-corrected chi connectivity index (χ1v) is 4.61. The molecule has 0 aromatic heterocycles. The highest BCUT2D eigenvalue weighted by Gasteiger charge is 2.01. The zero-order chi connectivity index (χ0) is 9.56. The maximum atomic E-state index is 3.95. The SMILES string of the molecule is C=C(CC)CNC(C)CN(C)C. The molecule has 0 bridgehead atoms. The lowest BCUT2D eigenvalue weighted by molar-refractivity contribution is 0.354. The molecule has 0 rings (SSSR count). The van der Waals surface area contributed by atoms with Gasteiger partial charge in [-0.05, 0) is 27.4 Å². The fourth-order valence-electron chi connectivity index (χ4n) is 1.06. The summed E-state index contributed by atoms with van der Waals surface area (Å²) in [6, 6.07) is 0.545. The molecule has 2 nitrogen and oxygen atoms in total. The lowest BCUT2D eigenvalue weighted by Crippen LogP contribution is -2.36. The third kappa shape index (κ3) is 6.38. The molecule has 12 heavy (non-hydrogen) atoms. The van der Waals surface area contributed by atoms with Crippen LogP contribution in [-0.4, -0.2) is 38.1 Å². The third-order valence-electron chi connectivity index (χ3n) is 1.84. The molecule has 72 valence electrons. The van der Waals surface area contributed by atoms with E-state index in [1.54, 1.807) is 0 Å². The second kappa shape index (κ2) is 6.21. The molecule has 0 fully saturated rings. The van der Waals surface area contributed by atoms with Crippen LogP contribution < -0.4 is 5.32 Å². The Kier molecular flexibility index (Phi) is 6.03. The van der Waals surface area contributed by atoms with Gasteiger partial charge in [0, 0.05) is 19.1 Å². The number of nitrogens with one attached hydrogen (secondary N) is 1. The van der Waals surface area contributed by atoms with Crippen LogP contribution in [0.3, 0.4) is 0 Å². The van der Waals surface area contributed by atoms with E-state index < -0.39 is 0 Å². The zero-order valence-electron chi connectivity index (χ0n) is 8.85. The summed E-state index contributed by atoms with van der Waals surface area (Å²) in [6.07, 6.45) is 1.07. The van der Waals surface area contributed by atoms with Crippen molar-refractivity contribution in [1.29, 1.82) is 0 Å². The molecule has 1 atom stereocenters. The number of hydrogen-bond donors (Lipinski definition) is 1. The lowest BCUT2D eigenvalue weighted by Gasteiger charge is -2.18. The highest BCUT2D eigenvalue weighted by atomic mass is 15.1. The monoisotopic (exact) mass is 170 g/mol. The first-order chi connectivity index (χ1) is 5.56. The topological polar surface area (TPSA) is 15.3 Å². The van der Waals surface area contributed by atoms with E-state index in [0.29, 0.717) is 6.04 Å². The smallest absolute Gasteiger partial charge is 0.0169 e. The standard InChI is InChI=1S/C10H22N2/c1-6-9(2)7-11-10(3)8-12(4)5/h10-11H,2,6-8H2,1,3-5H3. The van der Waals surface area contributed by atoms with E-state index >= 15 is 0 Å². The molecular formula is C10H22N2. The highest BCUT2D eigenvalue weighted by Crippen LogP contribution is 1.94. The predicted molar refractivity (Wildman–Crippen MR) is 55.4 cm³/mol. The van der Waals surface area contributed by atoms with Gasteiger partial charge in [0.25, 0.3) is 0 Å². The van der Waals surface area contributed by atoms with Crippen LogP contribution in [0.1, 0.15) is 20.3 Å². The van der Waals surface area contributed by atoms with Crippen molar-refractivity contribution in [2.75, 3.05) is 27.2 Å². The van der Waals surface area contributed by atoms with Crippen LogP contribution in [0.2, 0.25) is 0 Å². The minimum Gasteiger partial charge on any atom is -0.309 e. The molecule has 0 heterocycles. The van der Waals surface area contributed by atoms with Gasteiger partial charge >= 0.3 is 0 Å². The average Bonchev–Trinajstić information content (AvgIpc) is 1.99. The van der Waals surface area contributed by atoms with Crippen molar-refractivity contribution in [2.24, 2.45) is 0 Å². The van der Waals surface area contributed by atoms with Gasteiger partial charge in [0.2, 0.25) is 0 Å². The summed E-state index contributed by atoms with van der Waals surface area (Å²) in [5.74, 6) is 0. The van der Waals surface area contributed by atoms with E-state index in [0.717, 1.165) is 19.5 Å². The normalized spacial score (nSPS) is 13.4. The quantitative estimate of drug-likeness (QED) is 0.608. The maximum Gasteiger partial charge on any atom is 0.0169 e. The second-order valence-corrected chi connectivity index (χ2v) is 3.65. The Morgan fingerprint density at radius 2 is 2.08 bits per heavy atom. The van der Waals surface area contributed by atoms with E-state index in [4.69, 9.17) is 0 Å². The molecule has 0 spiro atoms. The molecule has 0 saturated carbocycles.